The molecule has 0 aromatic heterocycles. The van der Waals surface area contributed by atoms with Crippen LogP contribution in [0.15, 0.2) is 18.2 Å². The molecule has 98 valence electrons. The average molecular weight is 251 g/mol. The number of nitrogens with two attached hydrogens (primary N) is 1. The van der Waals surface area contributed by atoms with Gasteiger partial charge in [-0.25, -0.2) is 0 Å². The monoisotopic (exact) mass is 251 g/mol. The number of nitrogen functional groups attached to an aromatic ring is 1. The van der Waals surface area contributed by atoms with Crippen LogP contribution in [0.4, 0.5) is 5.69 Å². The first-order valence-corrected chi connectivity index (χ1v) is 5.79. The first-order valence-electron chi connectivity index (χ1n) is 5.79. The summed E-state index contributed by atoms with van der Waals surface area (Å²) >= 11 is 0. The van der Waals surface area contributed by atoms with E-state index in [9.17, 15) is 5.11 Å². The predicted octanol–water partition coefficient (Wildman–Crippen LogP) is 0.506. The molecule has 5 nitrogen and oxygen atoms in total. The van der Waals surface area contributed by atoms with Gasteiger partial charge >= 0.3 is 7.12 Å². The van der Waals surface area contributed by atoms with Gasteiger partial charge in [-0.2, -0.15) is 0 Å². The molecule has 0 saturated carbocycles. The van der Waals surface area contributed by atoms with Crippen molar-refractivity contribution in [1.82, 2.24) is 0 Å². The molecule has 0 radical (unpaired) electrons. The maximum Gasteiger partial charge on any atom is 0.500 e. The Balaban J connectivity index is 2.38. The molecule has 18 heavy (non-hydrogen) atoms. The molecule has 1 aromatic carbocycles. The normalized spacial score (nSPS) is 26.4. The summed E-state index contributed by atoms with van der Waals surface area (Å²) in [7, 11) is 0.835. The molecule has 0 bridgehead atoms. The van der Waals surface area contributed by atoms with Crippen LogP contribution < -0.4 is 15.9 Å². The van der Waals surface area contributed by atoms with E-state index in [2.05, 4.69) is 0 Å². The second kappa shape index (κ2) is 4.15. The van der Waals surface area contributed by atoms with Gasteiger partial charge in [0.15, 0.2) is 5.79 Å². The summed E-state index contributed by atoms with van der Waals surface area (Å²) in [4.78, 5) is 0. The van der Waals surface area contributed by atoms with Crippen LogP contribution in [0.2, 0.25) is 0 Å². The largest absolute Gasteiger partial charge is 0.500 e. The molecule has 1 unspecified atom stereocenters. The van der Waals surface area contributed by atoms with Crippen molar-refractivity contribution in [1.29, 1.82) is 0 Å². The van der Waals surface area contributed by atoms with Gasteiger partial charge in [-0.3, -0.25) is 0 Å². The highest BCUT2D eigenvalue weighted by molar-refractivity contribution is 6.63. The summed E-state index contributed by atoms with van der Waals surface area (Å²) in [5, 5.41) is 10.2. The third-order valence-corrected chi connectivity index (χ3v) is 3.39. The van der Waals surface area contributed by atoms with Crippen LogP contribution in [0.25, 0.3) is 0 Å². The van der Waals surface area contributed by atoms with E-state index in [1.165, 1.54) is 7.11 Å². The topological polar surface area (TPSA) is 73.9 Å². The predicted molar refractivity (Wildman–Crippen MR) is 69.7 cm³/mol. The SMILES string of the molecule is COc1c(N)cccc1B1OC(C)(C)C(C)(O)O1. The van der Waals surface area contributed by atoms with Crippen molar-refractivity contribution in [3.05, 3.63) is 18.2 Å². The van der Waals surface area contributed by atoms with Gasteiger partial charge in [0.05, 0.1) is 12.8 Å². The zero-order valence-corrected chi connectivity index (χ0v) is 11.1. The van der Waals surface area contributed by atoms with Gasteiger partial charge in [0.1, 0.15) is 11.4 Å². The summed E-state index contributed by atoms with van der Waals surface area (Å²) in [5.41, 5.74) is 6.20. The molecule has 1 aliphatic rings. The van der Waals surface area contributed by atoms with Crippen molar-refractivity contribution in [3.63, 3.8) is 0 Å². The maximum absolute atomic E-state index is 10.2. The minimum atomic E-state index is -1.37. The van der Waals surface area contributed by atoms with Crippen LogP contribution >= 0.6 is 0 Å². The summed E-state index contributed by atoms with van der Waals surface area (Å²) in [6, 6.07) is 5.33. The molecule has 0 spiro atoms. The Morgan fingerprint density at radius 1 is 1.28 bits per heavy atom. The van der Waals surface area contributed by atoms with Crippen LogP contribution in [-0.2, 0) is 9.31 Å². The Hall–Kier alpha value is -1.24. The van der Waals surface area contributed by atoms with Crippen LogP contribution in [-0.4, -0.2) is 30.7 Å². The second-order valence-electron chi connectivity index (χ2n) is 5.03. The fraction of sp³-hybridized carbons (Fsp3) is 0.500. The Morgan fingerprint density at radius 2 is 1.94 bits per heavy atom. The van der Waals surface area contributed by atoms with E-state index in [0.717, 1.165) is 0 Å². The molecule has 6 heteroatoms. The van der Waals surface area contributed by atoms with E-state index in [0.29, 0.717) is 16.9 Å². The fourth-order valence-electron chi connectivity index (χ4n) is 1.87. The van der Waals surface area contributed by atoms with Crippen molar-refractivity contribution in [2.75, 3.05) is 12.8 Å². The highest BCUT2D eigenvalue weighted by Gasteiger charge is 2.54. The van der Waals surface area contributed by atoms with Crippen LogP contribution in [0.3, 0.4) is 0 Å². The summed E-state index contributed by atoms with van der Waals surface area (Å²) in [5.74, 6) is -0.858. The van der Waals surface area contributed by atoms with Gasteiger partial charge in [0.25, 0.3) is 0 Å². The number of ether oxygens (including phenoxy) is 1. The smallest absolute Gasteiger partial charge is 0.495 e. The lowest BCUT2D eigenvalue weighted by Gasteiger charge is -2.30. The number of benzene rings is 1. The molecular formula is C12H18BNO4. The summed E-state index contributed by atoms with van der Waals surface area (Å²) in [6.45, 7) is 5.11. The zero-order valence-electron chi connectivity index (χ0n) is 11.1. The van der Waals surface area contributed by atoms with E-state index < -0.39 is 18.5 Å². The van der Waals surface area contributed by atoms with E-state index >= 15 is 0 Å². The molecule has 0 aliphatic carbocycles. The molecule has 2 rings (SSSR count). The van der Waals surface area contributed by atoms with Gasteiger partial charge in [-0.1, -0.05) is 12.1 Å². The van der Waals surface area contributed by atoms with E-state index in [-0.39, 0.29) is 0 Å². The molecule has 3 N–H and O–H groups in total. The minimum Gasteiger partial charge on any atom is -0.495 e. The molecule has 1 aromatic rings. The summed E-state index contributed by atoms with van der Waals surface area (Å²) in [6.07, 6.45) is 0. The van der Waals surface area contributed by atoms with Crippen molar-refractivity contribution in [2.24, 2.45) is 0 Å². The van der Waals surface area contributed by atoms with Crippen molar-refractivity contribution in [3.8, 4) is 5.75 Å². The van der Waals surface area contributed by atoms with Crippen LogP contribution in [0, 0.1) is 0 Å². The lowest BCUT2D eigenvalue weighted by atomic mass is 9.78. The number of methoxy groups -OCH3 is 1. The quantitative estimate of drug-likeness (QED) is 0.591. The first kappa shape index (κ1) is 13.2. The van der Waals surface area contributed by atoms with Gasteiger partial charge < -0.3 is 24.9 Å². The molecule has 0 amide bonds. The Morgan fingerprint density at radius 3 is 2.44 bits per heavy atom. The van der Waals surface area contributed by atoms with Crippen LogP contribution in [0.1, 0.15) is 20.8 Å². The zero-order chi connectivity index (χ0) is 13.6. The van der Waals surface area contributed by atoms with Crippen molar-refractivity contribution >= 4 is 18.3 Å². The Labute approximate surface area is 107 Å². The number of hydrogen-bond acceptors (Lipinski definition) is 5. The molecule has 1 saturated heterocycles. The minimum absolute atomic E-state index is 0.506. The first-order chi connectivity index (χ1) is 8.28. The van der Waals surface area contributed by atoms with Crippen molar-refractivity contribution < 1.29 is 19.2 Å². The van der Waals surface area contributed by atoms with E-state index in [1.807, 2.05) is 0 Å². The average Bonchev–Trinajstić information content (AvgIpc) is 2.47. The lowest BCUT2D eigenvalue weighted by molar-refractivity contribution is -0.176. The number of hydrogen-bond donors (Lipinski definition) is 2. The van der Waals surface area contributed by atoms with Crippen LogP contribution in [0.5, 0.6) is 5.75 Å². The molecular weight excluding hydrogens is 233 g/mol. The number of anilines is 1. The number of para-hydroxylation sites is 1. The van der Waals surface area contributed by atoms with Crippen molar-refractivity contribution in [2.45, 2.75) is 32.2 Å². The van der Waals surface area contributed by atoms with Gasteiger partial charge in [0.2, 0.25) is 0 Å². The molecule has 1 aliphatic heterocycles. The fourth-order valence-corrected chi connectivity index (χ4v) is 1.87. The number of rotatable bonds is 2. The highest BCUT2D eigenvalue weighted by Crippen LogP contribution is 2.36. The standard InChI is InChI=1S/C12H18BNO4/c1-11(2)12(3,15)18-13(17-11)8-6-5-7-9(14)10(8)16-4/h5-7,15H,14H2,1-4H3. The Bertz CT molecular complexity index is 445. The second-order valence-corrected chi connectivity index (χ2v) is 5.03. The third kappa shape index (κ3) is 1.96. The molecule has 1 atom stereocenters. The number of aliphatic hydroxyl groups is 1. The molecule has 1 heterocycles. The lowest BCUT2D eigenvalue weighted by Crippen LogP contribution is -2.44. The summed E-state index contributed by atoms with van der Waals surface area (Å²) < 4.78 is 16.5. The van der Waals surface area contributed by atoms with Gasteiger partial charge in [-0.15, -0.1) is 0 Å². The highest BCUT2D eigenvalue weighted by atomic mass is 16.7. The molecule has 1 fully saturated rings. The van der Waals surface area contributed by atoms with E-state index in [1.54, 1.807) is 39.0 Å². The van der Waals surface area contributed by atoms with Gasteiger partial charge in [-0.05, 0) is 26.8 Å². The Kier molecular flexibility index (Phi) is 3.05. The maximum atomic E-state index is 10.2. The third-order valence-electron chi connectivity index (χ3n) is 3.39. The van der Waals surface area contributed by atoms with E-state index in [4.69, 9.17) is 19.8 Å². The van der Waals surface area contributed by atoms with Gasteiger partial charge in [0, 0.05) is 5.46 Å².